The highest BCUT2D eigenvalue weighted by Gasteiger charge is 2.22. The zero-order valence-corrected chi connectivity index (χ0v) is 17.2. The number of nitrogens with one attached hydrogen (secondary N) is 2. The highest BCUT2D eigenvalue weighted by Crippen LogP contribution is 2.28. The van der Waals surface area contributed by atoms with Gasteiger partial charge in [0.2, 0.25) is 5.91 Å². The zero-order valence-electron chi connectivity index (χ0n) is 16.4. The molecule has 2 amide bonds. The maximum absolute atomic E-state index is 13.1. The molecule has 3 aromatic carbocycles. The third-order valence-electron chi connectivity index (χ3n) is 4.96. The van der Waals surface area contributed by atoms with Gasteiger partial charge >= 0.3 is 0 Å². The predicted octanol–water partition coefficient (Wildman–Crippen LogP) is 5.76. The first-order chi connectivity index (χ1) is 14.7. The summed E-state index contributed by atoms with van der Waals surface area (Å²) in [4.78, 5) is 25.9. The van der Waals surface area contributed by atoms with E-state index in [0.29, 0.717) is 18.4 Å². The summed E-state index contributed by atoms with van der Waals surface area (Å²) >= 11 is 1.59. The Morgan fingerprint density at radius 2 is 1.60 bits per heavy atom. The average Bonchev–Trinajstić information content (AvgIpc) is 3.28. The maximum Gasteiger partial charge on any atom is 0.251 e. The molecule has 4 aromatic rings. The summed E-state index contributed by atoms with van der Waals surface area (Å²) in [5.41, 5.74) is 2.44. The molecule has 5 heteroatoms. The molecular formula is C25H26N2O2S. The van der Waals surface area contributed by atoms with Crippen molar-refractivity contribution in [3.05, 3.63) is 101 Å². The summed E-state index contributed by atoms with van der Waals surface area (Å²) in [6, 6.07) is 26.2. The smallest absolute Gasteiger partial charge is 0.251 e. The molecule has 154 valence electrons. The van der Waals surface area contributed by atoms with Crippen LogP contribution in [0.4, 0.5) is 5.69 Å². The Bertz CT molecular complexity index is 1150. The van der Waals surface area contributed by atoms with E-state index in [4.69, 9.17) is 0 Å². The zero-order chi connectivity index (χ0) is 20.8. The monoisotopic (exact) mass is 418 g/mol. The molecule has 0 aliphatic heterocycles. The van der Waals surface area contributed by atoms with Gasteiger partial charge < -0.3 is 10.6 Å². The second-order valence-corrected chi connectivity index (χ2v) is 7.97. The van der Waals surface area contributed by atoms with Gasteiger partial charge in [-0.25, -0.2) is 0 Å². The Labute approximate surface area is 182 Å². The van der Waals surface area contributed by atoms with Gasteiger partial charge in [0.05, 0.1) is 10.4 Å². The molecule has 0 radical (unpaired) electrons. The van der Waals surface area contributed by atoms with E-state index < -0.39 is 6.04 Å². The molecule has 1 heterocycles. The van der Waals surface area contributed by atoms with Crippen LogP contribution in [0.15, 0.2) is 90.3 Å². The minimum Gasteiger partial charge on any atom is -0.340 e. The normalized spacial score (nSPS) is 11.7. The molecule has 0 saturated heterocycles. The van der Waals surface area contributed by atoms with Crippen molar-refractivity contribution in [1.82, 2.24) is 5.32 Å². The fourth-order valence-corrected chi connectivity index (χ4v) is 4.24. The fourth-order valence-electron chi connectivity index (χ4n) is 3.37. The third kappa shape index (κ3) is 4.75. The quantitative estimate of drug-likeness (QED) is 0.401. The second kappa shape index (κ2) is 9.37. The summed E-state index contributed by atoms with van der Waals surface area (Å²) in [6.45, 7) is 0. The molecule has 0 aliphatic carbocycles. The lowest BCUT2D eigenvalue weighted by atomic mass is 10.0. The van der Waals surface area contributed by atoms with Crippen molar-refractivity contribution in [1.29, 1.82) is 0 Å². The van der Waals surface area contributed by atoms with Gasteiger partial charge in [0.1, 0.15) is 6.04 Å². The van der Waals surface area contributed by atoms with Crippen molar-refractivity contribution < 1.29 is 12.4 Å². The van der Waals surface area contributed by atoms with Crippen molar-refractivity contribution >= 4 is 38.9 Å². The molecule has 4 rings (SSSR count). The average molecular weight is 419 g/mol. The molecule has 1 unspecified atom stereocenters. The van der Waals surface area contributed by atoms with Gasteiger partial charge in [-0.05, 0) is 53.4 Å². The molecule has 1 atom stereocenters. The maximum atomic E-state index is 13.1. The van der Waals surface area contributed by atoms with E-state index in [2.05, 4.69) is 10.6 Å². The number of anilines is 1. The number of hydrogen-bond donors (Lipinski definition) is 2. The van der Waals surface area contributed by atoms with Gasteiger partial charge in [0.15, 0.2) is 0 Å². The Balaban J connectivity index is 0.00000181. The van der Waals surface area contributed by atoms with Crippen molar-refractivity contribution in [2.24, 2.45) is 0 Å². The largest absolute Gasteiger partial charge is 0.340 e. The molecule has 30 heavy (non-hydrogen) atoms. The van der Waals surface area contributed by atoms with E-state index in [1.807, 2.05) is 78.2 Å². The number of aryl methyl sites for hydroxylation is 1. The Kier molecular flexibility index (Phi) is 6.20. The van der Waals surface area contributed by atoms with E-state index in [1.54, 1.807) is 23.5 Å². The van der Waals surface area contributed by atoms with E-state index >= 15 is 0 Å². The van der Waals surface area contributed by atoms with E-state index in [-0.39, 0.29) is 14.7 Å². The molecule has 2 N–H and O–H groups in total. The lowest BCUT2D eigenvalue weighted by molar-refractivity contribution is -0.118. The number of hydrogen-bond acceptors (Lipinski definition) is 3. The molecule has 0 spiro atoms. The Hall–Kier alpha value is -3.44. The predicted molar refractivity (Wildman–Crippen MR) is 127 cm³/mol. The molecule has 0 bridgehead atoms. The number of fused-ring (bicyclic) bond motifs is 1. The van der Waals surface area contributed by atoms with Crippen LogP contribution < -0.4 is 10.6 Å². The van der Waals surface area contributed by atoms with Crippen molar-refractivity contribution in [2.75, 3.05) is 5.32 Å². The summed E-state index contributed by atoms with van der Waals surface area (Å²) in [7, 11) is 0. The minimum absolute atomic E-state index is 0. The molecule has 4 nitrogen and oxygen atoms in total. The van der Waals surface area contributed by atoms with E-state index in [1.165, 1.54) is 0 Å². The van der Waals surface area contributed by atoms with Crippen LogP contribution in [0.5, 0.6) is 0 Å². The van der Waals surface area contributed by atoms with Crippen molar-refractivity contribution in [2.45, 2.75) is 18.9 Å². The summed E-state index contributed by atoms with van der Waals surface area (Å²) in [6.07, 6.45) is 1.20. The fraction of sp³-hybridized carbons (Fsp3) is 0.120. The molecule has 0 saturated carbocycles. The van der Waals surface area contributed by atoms with Gasteiger partial charge in [-0.15, -0.1) is 11.3 Å². The molecule has 1 aromatic heterocycles. The van der Waals surface area contributed by atoms with Crippen LogP contribution in [-0.4, -0.2) is 17.9 Å². The van der Waals surface area contributed by atoms with Crippen LogP contribution in [0.1, 0.15) is 25.2 Å². The van der Waals surface area contributed by atoms with Gasteiger partial charge in [-0.3, -0.25) is 9.59 Å². The van der Waals surface area contributed by atoms with E-state index in [9.17, 15) is 9.59 Å². The summed E-state index contributed by atoms with van der Waals surface area (Å²) in [5, 5.41) is 9.03. The van der Waals surface area contributed by atoms with Gasteiger partial charge in [0, 0.05) is 8.42 Å². The lowest BCUT2D eigenvalue weighted by Gasteiger charge is -2.19. The van der Waals surface area contributed by atoms with Crippen molar-refractivity contribution in [3.8, 4) is 0 Å². The van der Waals surface area contributed by atoms with Crippen LogP contribution >= 0.6 is 11.3 Å². The van der Waals surface area contributed by atoms with Crippen LogP contribution in [0.25, 0.3) is 10.1 Å². The number of thiophene rings is 1. The highest BCUT2D eigenvalue weighted by molar-refractivity contribution is 7.17. The van der Waals surface area contributed by atoms with Crippen LogP contribution in [-0.2, 0) is 11.2 Å². The van der Waals surface area contributed by atoms with Gasteiger partial charge in [0.25, 0.3) is 5.91 Å². The van der Waals surface area contributed by atoms with Gasteiger partial charge in [-0.1, -0.05) is 60.7 Å². The molecule has 0 fully saturated rings. The number of rotatable bonds is 7. The molecule has 0 aliphatic rings. The Morgan fingerprint density at radius 3 is 2.37 bits per heavy atom. The number of benzene rings is 3. The topological polar surface area (TPSA) is 58.2 Å². The summed E-state index contributed by atoms with van der Waals surface area (Å²) in [5.74, 6) is -0.464. The van der Waals surface area contributed by atoms with Gasteiger partial charge in [-0.2, -0.15) is 0 Å². The third-order valence-corrected chi connectivity index (χ3v) is 5.92. The van der Waals surface area contributed by atoms with Crippen LogP contribution in [0.2, 0.25) is 0 Å². The number of carbonyl (C=O) groups is 2. The standard InChI is InChI=1S/C25H22N2O2S.2H2/c28-24(20-10-5-2-6-11-20)27-22(15-14-18-8-3-1-4-9-18)25(29)26-21-13-7-12-19-16-17-30-23(19)21;;/h1-13,16-17,22H,14-15H2,(H,26,29)(H,27,28);2*1H. The first-order valence-corrected chi connectivity index (χ1v) is 10.8. The minimum atomic E-state index is -0.645. The van der Waals surface area contributed by atoms with Crippen LogP contribution in [0.3, 0.4) is 0 Å². The van der Waals surface area contributed by atoms with Crippen molar-refractivity contribution in [3.63, 3.8) is 0 Å². The molecular weight excluding hydrogens is 392 g/mol. The lowest BCUT2D eigenvalue weighted by Crippen LogP contribution is -2.44. The second-order valence-electron chi connectivity index (χ2n) is 7.05. The first kappa shape index (κ1) is 19.9. The van der Waals surface area contributed by atoms with E-state index in [0.717, 1.165) is 21.3 Å². The van der Waals surface area contributed by atoms with Crippen LogP contribution in [0, 0.1) is 0 Å². The number of carbonyl (C=O) groups excluding carboxylic acids is 2. The highest BCUT2D eigenvalue weighted by atomic mass is 32.1. The summed E-state index contributed by atoms with van der Waals surface area (Å²) < 4.78 is 1.03. The SMILES string of the molecule is O=C(NC(CCc1ccccc1)C(=O)Nc1cccc2ccsc12)c1ccccc1.[HH].[HH]. The Morgan fingerprint density at radius 1 is 0.867 bits per heavy atom. The number of amides is 2. The first-order valence-electron chi connectivity index (χ1n) is 9.87.